The average molecular weight is 463 g/mol. The van der Waals surface area contributed by atoms with Gasteiger partial charge in [-0.15, -0.1) is 0 Å². The Morgan fingerprint density at radius 2 is 1.82 bits per heavy atom. The van der Waals surface area contributed by atoms with Gasteiger partial charge in [0.2, 0.25) is 5.91 Å². The molecule has 1 aromatic heterocycles. The number of methoxy groups -OCH3 is 1. The van der Waals surface area contributed by atoms with E-state index in [-0.39, 0.29) is 17.7 Å². The number of carbonyl (C=O) groups excluding carboxylic acids is 2. The summed E-state index contributed by atoms with van der Waals surface area (Å²) >= 11 is 0. The zero-order chi connectivity index (χ0) is 23.9. The predicted octanol–water partition coefficient (Wildman–Crippen LogP) is 5.13. The highest BCUT2D eigenvalue weighted by molar-refractivity contribution is 6.08. The molecule has 1 saturated carbocycles. The first-order chi connectivity index (χ1) is 16.6. The van der Waals surface area contributed by atoms with Gasteiger partial charge in [-0.3, -0.25) is 14.5 Å². The van der Waals surface area contributed by atoms with E-state index < -0.39 is 11.9 Å². The number of nitrogens with zero attached hydrogens (tertiary/aromatic N) is 1. The van der Waals surface area contributed by atoms with Crippen LogP contribution >= 0.6 is 0 Å². The molecule has 1 unspecified atom stereocenters. The molecule has 1 heterocycles. The Bertz CT molecular complexity index is 1090. The molecule has 0 bridgehead atoms. The van der Waals surface area contributed by atoms with Crippen LogP contribution in [0.25, 0.3) is 0 Å². The minimum Gasteiger partial charge on any atom is -0.497 e. The van der Waals surface area contributed by atoms with E-state index in [4.69, 9.17) is 13.9 Å². The van der Waals surface area contributed by atoms with Crippen molar-refractivity contribution in [1.82, 2.24) is 5.32 Å². The minimum absolute atomic E-state index is 0.101. The van der Waals surface area contributed by atoms with Gasteiger partial charge in [0, 0.05) is 17.8 Å². The first kappa shape index (κ1) is 23.4. The maximum Gasteiger partial charge on any atom is 0.294 e. The van der Waals surface area contributed by atoms with Crippen molar-refractivity contribution in [2.45, 2.75) is 44.7 Å². The molecule has 0 saturated heterocycles. The first-order valence-electron chi connectivity index (χ1n) is 11.6. The Balaban J connectivity index is 1.80. The summed E-state index contributed by atoms with van der Waals surface area (Å²) in [6, 6.07) is 16.8. The topological polar surface area (TPSA) is 81.0 Å². The Kier molecular flexibility index (Phi) is 7.52. The van der Waals surface area contributed by atoms with Crippen LogP contribution in [0, 0.1) is 0 Å². The van der Waals surface area contributed by atoms with Crippen molar-refractivity contribution >= 4 is 17.5 Å². The fourth-order valence-electron chi connectivity index (χ4n) is 4.34. The molecule has 0 spiro atoms. The number of ether oxygens (including phenoxy) is 2. The van der Waals surface area contributed by atoms with E-state index in [0.717, 1.165) is 25.7 Å². The lowest BCUT2D eigenvalue weighted by molar-refractivity contribution is -0.123. The first-order valence-corrected chi connectivity index (χ1v) is 11.6. The maximum absolute atomic E-state index is 13.8. The van der Waals surface area contributed by atoms with Gasteiger partial charge in [0.1, 0.15) is 17.5 Å². The van der Waals surface area contributed by atoms with Crippen LogP contribution in [0.5, 0.6) is 11.5 Å². The van der Waals surface area contributed by atoms with Crippen LogP contribution in [0.4, 0.5) is 5.69 Å². The van der Waals surface area contributed by atoms with Crippen molar-refractivity contribution in [1.29, 1.82) is 0 Å². The van der Waals surface area contributed by atoms with Gasteiger partial charge in [-0.05, 0) is 61.7 Å². The molecule has 7 nitrogen and oxygen atoms in total. The van der Waals surface area contributed by atoms with Crippen LogP contribution in [-0.2, 0) is 4.79 Å². The SMILES string of the molecule is CCOc1ccc(C(C(=O)NC2CCCC2)N(C(=O)c2ccco2)c2cccc(OC)c2)cc1. The van der Waals surface area contributed by atoms with E-state index in [2.05, 4.69) is 5.32 Å². The summed E-state index contributed by atoms with van der Waals surface area (Å²) in [4.78, 5) is 28.9. The lowest BCUT2D eigenvalue weighted by Gasteiger charge is -2.32. The number of hydrogen-bond acceptors (Lipinski definition) is 5. The van der Waals surface area contributed by atoms with Gasteiger partial charge in [-0.2, -0.15) is 0 Å². The van der Waals surface area contributed by atoms with Crippen molar-refractivity contribution in [2.24, 2.45) is 0 Å². The van der Waals surface area contributed by atoms with Gasteiger partial charge in [-0.1, -0.05) is 31.0 Å². The number of rotatable bonds is 9. The van der Waals surface area contributed by atoms with Gasteiger partial charge in [0.05, 0.1) is 20.0 Å². The number of amides is 2. The highest BCUT2D eigenvalue weighted by Gasteiger charge is 2.36. The molecule has 0 aliphatic heterocycles. The quantitative estimate of drug-likeness (QED) is 0.477. The van der Waals surface area contributed by atoms with E-state index in [1.807, 2.05) is 31.2 Å². The number of carbonyl (C=O) groups is 2. The maximum atomic E-state index is 13.8. The second-order valence-electron chi connectivity index (χ2n) is 8.25. The third-order valence-electron chi connectivity index (χ3n) is 6.00. The second-order valence-corrected chi connectivity index (χ2v) is 8.25. The minimum atomic E-state index is -0.916. The molecule has 1 aliphatic carbocycles. The second kappa shape index (κ2) is 10.9. The Hall–Kier alpha value is -3.74. The van der Waals surface area contributed by atoms with Gasteiger partial charge in [0.15, 0.2) is 5.76 Å². The van der Waals surface area contributed by atoms with Crippen LogP contribution in [-0.4, -0.2) is 31.6 Å². The number of hydrogen-bond donors (Lipinski definition) is 1. The van der Waals surface area contributed by atoms with Gasteiger partial charge >= 0.3 is 0 Å². The fraction of sp³-hybridized carbons (Fsp3) is 0.333. The van der Waals surface area contributed by atoms with E-state index in [1.165, 1.54) is 11.2 Å². The number of anilines is 1. The molecule has 1 atom stereocenters. The molecule has 34 heavy (non-hydrogen) atoms. The van der Waals surface area contributed by atoms with Gasteiger partial charge in [0.25, 0.3) is 5.91 Å². The van der Waals surface area contributed by atoms with E-state index in [0.29, 0.717) is 29.4 Å². The van der Waals surface area contributed by atoms with Crippen molar-refractivity contribution in [3.05, 3.63) is 78.3 Å². The number of benzene rings is 2. The largest absolute Gasteiger partial charge is 0.497 e. The molecule has 178 valence electrons. The van der Waals surface area contributed by atoms with Crippen LogP contribution in [0.1, 0.15) is 54.8 Å². The Labute approximate surface area is 199 Å². The summed E-state index contributed by atoms with van der Waals surface area (Å²) in [6.07, 6.45) is 5.49. The van der Waals surface area contributed by atoms with Crippen molar-refractivity contribution in [2.75, 3.05) is 18.6 Å². The Morgan fingerprint density at radius 1 is 1.06 bits per heavy atom. The molecule has 1 N–H and O–H groups in total. The van der Waals surface area contributed by atoms with E-state index in [9.17, 15) is 9.59 Å². The van der Waals surface area contributed by atoms with Crippen LogP contribution in [0.15, 0.2) is 71.3 Å². The smallest absolute Gasteiger partial charge is 0.294 e. The highest BCUT2D eigenvalue weighted by atomic mass is 16.5. The van der Waals surface area contributed by atoms with Crippen molar-refractivity contribution < 1.29 is 23.5 Å². The summed E-state index contributed by atoms with van der Waals surface area (Å²) in [6.45, 7) is 2.45. The zero-order valence-electron chi connectivity index (χ0n) is 19.5. The summed E-state index contributed by atoms with van der Waals surface area (Å²) < 4.78 is 16.4. The lowest BCUT2D eigenvalue weighted by atomic mass is 10.0. The molecular formula is C27H30N2O5. The normalized spacial score (nSPS) is 14.4. The molecule has 1 aliphatic rings. The third kappa shape index (κ3) is 5.25. The summed E-state index contributed by atoms with van der Waals surface area (Å²) in [7, 11) is 1.56. The van der Waals surface area contributed by atoms with Crippen molar-refractivity contribution in [3.63, 3.8) is 0 Å². The third-order valence-corrected chi connectivity index (χ3v) is 6.00. The summed E-state index contributed by atoms with van der Waals surface area (Å²) in [5, 5.41) is 3.17. The van der Waals surface area contributed by atoms with Gasteiger partial charge in [-0.25, -0.2) is 0 Å². The summed E-state index contributed by atoms with van der Waals surface area (Å²) in [5.74, 6) is 0.771. The predicted molar refractivity (Wildman–Crippen MR) is 129 cm³/mol. The Morgan fingerprint density at radius 3 is 2.47 bits per heavy atom. The highest BCUT2D eigenvalue weighted by Crippen LogP contribution is 2.33. The van der Waals surface area contributed by atoms with Gasteiger partial charge < -0.3 is 19.2 Å². The zero-order valence-corrected chi connectivity index (χ0v) is 19.5. The van der Waals surface area contributed by atoms with Crippen LogP contribution in [0.3, 0.4) is 0 Å². The molecule has 7 heteroatoms. The monoisotopic (exact) mass is 462 g/mol. The molecule has 1 fully saturated rings. The van der Waals surface area contributed by atoms with Crippen molar-refractivity contribution in [3.8, 4) is 11.5 Å². The summed E-state index contributed by atoms with van der Waals surface area (Å²) in [5.41, 5.74) is 1.20. The standard InChI is InChI=1S/C27H30N2O5/c1-3-33-22-15-13-19(14-16-22)25(26(30)28-20-8-4-5-9-20)29(27(31)24-12-7-17-34-24)21-10-6-11-23(18-21)32-2/h6-7,10-18,20,25H,3-5,8-9H2,1-2H3,(H,28,30). The van der Waals surface area contributed by atoms with E-state index in [1.54, 1.807) is 43.5 Å². The number of nitrogens with one attached hydrogen (secondary N) is 1. The number of furan rings is 1. The van der Waals surface area contributed by atoms with E-state index >= 15 is 0 Å². The molecule has 2 amide bonds. The van der Waals surface area contributed by atoms with Crippen LogP contribution in [0.2, 0.25) is 0 Å². The fourth-order valence-corrected chi connectivity index (χ4v) is 4.34. The molecular weight excluding hydrogens is 432 g/mol. The molecule has 4 rings (SSSR count). The molecule has 0 radical (unpaired) electrons. The van der Waals surface area contributed by atoms with Crippen LogP contribution < -0.4 is 19.7 Å². The lowest BCUT2D eigenvalue weighted by Crippen LogP contribution is -2.46. The molecule has 3 aromatic rings. The average Bonchev–Trinajstić information content (AvgIpc) is 3.58. The molecule has 2 aromatic carbocycles.